The summed E-state index contributed by atoms with van der Waals surface area (Å²) in [5, 5.41) is 7.39. The van der Waals surface area contributed by atoms with Crippen molar-refractivity contribution in [1.82, 2.24) is 24.6 Å². The number of nitrogens with zero attached hydrogens (tertiary/aromatic N) is 6. The van der Waals surface area contributed by atoms with Crippen LogP contribution in [0.1, 0.15) is 33.9 Å². The number of carbonyl (C=O) groups excluding carboxylic acids is 2. The van der Waals surface area contributed by atoms with Crippen LogP contribution in [0.3, 0.4) is 0 Å². The molecule has 0 radical (unpaired) electrons. The summed E-state index contributed by atoms with van der Waals surface area (Å²) in [7, 11) is -4.70. The normalized spacial score (nSPS) is 22.4. The number of nitrogens with two attached hydrogens (primary N) is 1. The number of nitrogens with one attached hydrogen (secondary N) is 2. The van der Waals surface area contributed by atoms with Gasteiger partial charge in [-0.15, -0.1) is 0 Å². The van der Waals surface area contributed by atoms with Crippen LogP contribution < -0.4 is 20.9 Å². The van der Waals surface area contributed by atoms with Crippen molar-refractivity contribution in [3.05, 3.63) is 69.6 Å². The number of carbonyl (C=O) groups is 2. The van der Waals surface area contributed by atoms with Gasteiger partial charge >= 0.3 is 19.7 Å². The summed E-state index contributed by atoms with van der Waals surface area (Å²) in [6.07, 6.45) is -5.05. The minimum absolute atomic E-state index is 0.00627. The Morgan fingerprint density at radius 1 is 1.27 bits per heavy atom. The zero-order valence-electron chi connectivity index (χ0n) is 26.7. The second-order valence-electron chi connectivity index (χ2n) is 11.5. The fraction of sp³-hybridized carbons (Fsp3) is 0.414. The van der Waals surface area contributed by atoms with Crippen molar-refractivity contribution in [3.8, 4) is 5.75 Å². The van der Waals surface area contributed by atoms with Crippen LogP contribution in [0.5, 0.6) is 5.75 Å². The SMILES string of the molecule is CC(=O)O[C@H]1[C@@H](F)[C@H](n2cnc3c(=O)[nH]c(N)nc32)O[C@@]1(COP(=O)(N[C@@H](C)C(=O)OCC(C)C)Oc1cccc2ccccc12)N=[N+]=[N-]. The first-order valence-electron chi connectivity index (χ1n) is 14.9. The first-order chi connectivity index (χ1) is 23.3. The molecule has 4 aromatic rings. The van der Waals surface area contributed by atoms with Gasteiger partial charge in [0, 0.05) is 17.2 Å². The van der Waals surface area contributed by atoms with E-state index < -0.39 is 62.1 Å². The molecule has 260 valence electrons. The summed E-state index contributed by atoms with van der Waals surface area (Å²) in [4.78, 5) is 50.3. The minimum Gasteiger partial charge on any atom is -0.464 e. The molecule has 0 aliphatic carbocycles. The predicted molar refractivity (Wildman–Crippen MR) is 172 cm³/mol. The number of alkyl halides is 1. The lowest BCUT2D eigenvalue weighted by Gasteiger charge is -2.31. The number of anilines is 1. The summed E-state index contributed by atoms with van der Waals surface area (Å²) >= 11 is 0. The van der Waals surface area contributed by atoms with Crippen molar-refractivity contribution >= 4 is 47.6 Å². The van der Waals surface area contributed by atoms with Crippen LogP contribution in [0, 0.1) is 5.92 Å². The Hall–Kier alpha value is -5.06. The number of rotatable bonds is 13. The third-order valence-corrected chi connectivity index (χ3v) is 8.85. The van der Waals surface area contributed by atoms with E-state index in [9.17, 15) is 24.5 Å². The first kappa shape index (κ1) is 35.3. The average Bonchev–Trinajstić information content (AvgIpc) is 3.58. The van der Waals surface area contributed by atoms with Crippen molar-refractivity contribution in [2.24, 2.45) is 11.0 Å². The standard InChI is InChI=1S/C29H33FN9O9P/c1-15(2)12-44-27(42)16(3)36-49(43,48-20-11-7-9-18-8-5-6-10-19(18)20)45-13-29(37-38-32)23(46-17(4)40)21(30)26(47-29)39-14-33-22-24(39)34-28(31)35-25(22)41/h5-11,14-16,21,23,26H,12-13H2,1-4H3,(H,36,43)(H3,31,34,35,41)/t16-,21+,23-,26+,29+,49?/m0/s1. The van der Waals surface area contributed by atoms with Crippen LogP contribution in [-0.4, -0.2) is 68.7 Å². The zero-order valence-corrected chi connectivity index (χ0v) is 27.6. The number of hydrogen-bond acceptors (Lipinski definition) is 13. The first-order valence-corrected chi connectivity index (χ1v) is 16.4. The van der Waals surface area contributed by atoms with Gasteiger partial charge in [0.15, 0.2) is 29.7 Å². The van der Waals surface area contributed by atoms with Gasteiger partial charge in [-0.2, -0.15) is 10.1 Å². The van der Waals surface area contributed by atoms with E-state index in [1.54, 1.807) is 36.4 Å². The highest BCUT2D eigenvalue weighted by atomic mass is 31.2. The minimum atomic E-state index is -4.70. The molecule has 1 fully saturated rings. The van der Waals surface area contributed by atoms with Gasteiger partial charge in [0.25, 0.3) is 5.56 Å². The molecule has 2 aromatic carbocycles. The zero-order chi connectivity index (χ0) is 35.5. The molecule has 1 aliphatic rings. The lowest BCUT2D eigenvalue weighted by Crippen LogP contribution is -2.47. The summed E-state index contributed by atoms with van der Waals surface area (Å²) in [5.41, 5.74) is 11.6. The largest absolute Gasteiger partial charge is 0.464 e. The maximum absolute atomic E-state index is 16.3. The topological polar surface area (TPSA) is 248 Å². The van der Waals surface area contributed by atoms with Crippen LogP contribution in [0.25, 0.3) is 32.4 Å². The number of benzene rings is 2. The molecule has 1 unspecified atom stereocenters. The number of nitrogen functional groups attached to an aromatic ring is 1. The number of esters is 2. The van der Waals surface area contributed by atoms with Crippen LogP contribution in [-0.2, 0) is 32.9 Å². The van der Waals surface area contributed by atoms with Gasteiger partial charge in [-0.25, -0.2) is 13.9 Å². The monoisotopic (exact) mass is 701 g/mol. The Bertz CT molecular complexity index is 2030. The van der Waals surface area contributed by atoms with E-state index in [2.05, 4.69) is 30.1 Å². The molecule has 49 heavy (non-hydrogen) atoms. The van der Waals surface area contributed by atoms with Crippen molar-refractivity contribution in [2.45, 2.75) is 58.0 Å². The van der Waals surface area contributed by atoms with Crippen LogP contribution in [0.4, 0.5) is 10.3 Å². The Labute approximate surface area is 277 Å². The maximum Gasteiger partial charge on any atom is 0.459 e. The second-order valence-corrected chi connectivity index (χ2v) is 13.2. The highest BCUT2D eigenvalue weighted by Gasteiger charge is 2.60. The third kappa shape index (κ3) is 7.50. The van der Waals surface area contributed by atoms with E-state index in [0.29, 0.717) is 5.39 Å². The fourth-order valence-electron chi connectivity index (χ4n) is 5.05. The summed E-state index contributed by atoms with van der Waals surface area (Å²) in [6, 6.07) is 10.7. The molecule has 2 aromatic heterocycles. The molecule has 20 heteroatoms. The van der Waals surface area contributed by atoms with E-state index in [-0.39, 0.29) is 35.4 Å². The second kappa shape index (κ2) is 14.2. The summed E-state index contributed by atoms with van der Waals surface area (Å²) in [6.45, 7) is 5.04. The van der Waals surface area contributed by atoms with Crippen molar-refractivity contribution < 1.29 is 41.8 Å². The number of aromatic nitrogens is 4. The van der Waals surface area contributed by atoms with Gasteiger partial charge < -0.3 is 24.5 Å². The third-order valence-electron chi connectivity index (χ3n) is 7.24. The number of imidazole rings is 1. The smallest absolute Gasteiger partial charge is 0.459 e. The number of aromatic amines is 1. The van der Waals surface area contributed by atoms with Gasteiger partial charge in [-0.05, 0) is 29.8 Å². The average molecular weight is 702 g/mol. The molecule has 1 saturated heterocycles. The quantitative estimate of drug-likeness (QED) is 0.0586. The molecule has 5 rings (SSSR count). The highest BCUT2D eigenvalue weighted by molar-refractivity contribution is 7.52. The lowest BCUT2D eigenvalue weighted by molar-refractivity contribution is -0.164. The predicted octanol–water partition coefficient (Wildman–Crippen LogP) is 4.04. The number of fused-ring (bicyclic) bond motifs is 2. The van der Waals surface area contributed by atoms with Crippen molar-refractivity contribution in [3.63, 3.8) is 0 Å². The Morgan fingerprint density at radius 3 is 2.71 bits per heavy atom. The molecular weight excluding hydrogens is 668 g/mol. The van der Waals surface area contributed by atoms with Crippen LogP contribution in [0.2, 0.25) is 0 Å². The maximum atomic E-state index is 16.3. The van der Waals surface area contributed by atoms with Gasteiger partial charge in [-0.3, -0.25) is 28.5 Å². The molecule has 3 heterocycles. The number of H-pyrrole nitrogens is 1. The van der Waals surface area contributed by atoms with E-state index >= 15 is 4.39 Å². The van der Waals surface area contributed by atoms with Crippen LogP contribution in [0.15, 0.2) is 58.7 Å². The van der Waals surface area contributed by atoms with E-state index in [4.69, 9.17) is 29.0 Å². The lowest BCUT2D eigenvalue weighted by atomic mass is 10.1. The van der Waals surface area contributed by atoms with Gasteiger partial charge in [0.1, 0.15) is 11.8 Å². The fourth-order valence-corrected chi connectivity index (χ4v) is 6.58. The molecule has 0 spiro atoms. The molecule has 0 bridgehead atoms. The summed E-state index contributed by atoms with van der Waals surface area (Å²) in [5.74, 6) is -1.99. The Balaban J connectivity index is 1.53. The Morgan fingerprint density at radius 2 is 2.00 bits per heavy atom. The molecular formula is C29H33FN9O9P. The van der Waals surface area contributed by atoms with E-state index in [0.717, 1.165) is 23.2 Å². The Kier molecular flexibility index (Phi) is 10.2. The molecule has 4 N–H and O–H groups in total. The molecule has 6 atom stereocenters. The van der Waals surface area contributed by atoms with E-state index in [1.165, 1.54) is 13.0 Å². The van der Waals surface area contributed by atoms with Crippen molar-refractivity contribution in [1.29, 1.82) is 0 Å². The number of ether oxygens (including phenoxy) is 3. The number of halogens is 1. The van der Waals surface area contributed by atoms with Crippen molar-refractivity contribution in [2.75, 3.05) is 18.9 Å². The molecule has 1 aliphatic heterocycles. The molecule has 18 nitrogen and oxygen atoms in total. The van der Waals surface area contributed by atoms with E-state index in [1.807, 2.05) is 13.8 Å². The molecule has 0 saturated carbocycles. The highest BCUT2D eigenvalue weighted by Crippen LogP contribution is 2.50. The molecule has 0 amide bonds. The number of hydrogen-bond donors (Lipinski definition) is 3. The van der Waals surface area contributed by atoms with Gasteiger partial charge in [0.2, 0.25) is 11.7 Å². The van der Waals surface area contributed by atoms with Gasteiger partial charge in [-0.1, -0.05) is 55.4 Å². The summed E-state index contributed by atoms with van der Waals surface area (Å²) < 4.78 is 59.9. The van der Waals surface area contributed by atoms with Crippen LogP contribution >= 0.6 is 7.75 Å². The number of azide groups is 1. The van der Waals surface area contributed by atoms with Gasteiger partial charge in [0.05, 0.1) is 19.5 Å².